The SMILES string of the molecule is CCC1(C)c2ccccc2-c2cc(C(C)(C)C)cc[n+]2C1(C)CC. The van der Waals surface area contributed by atoms with E-state index in [1.165, 1.54) is 22.4 Å². The Hall–Kier alpha value is -1.63. The van der Waals surface area contributed by atoms with E-state index in [0.29, 0.717) is 0 Å². The minimum absolute atomic E-state index is 0.0852. The standard InChI is InChI=1S/C23H32N/c1-8-22(6)19-13-11-10-12-18(19)20-16-17(21(3,4)5)14-15-24(20)23(22,7)9-2/h10-16H,8-9H2,1-7H3/q+1. The van der Waals surface area contributed by atoms with E-state index >= 15 is 0 Å². The van der Waals surface area contributed by atoms with Crippen molar-refractivity contribution in [2.75, 3.05) is 0 Å². The number of pyridine rings is 1. The summed E-state index contributed by atoms with van der Waals surface area (Å²) in [6.07, 6.45) is 4.60. The van der Waals surface area contributed by atoms with Gasteiger partial charge in [0.15, 0.2) is 11.7 Å². The lowest BCUT2D eigenvalue weighted by atomic mass is 9.60. The van der Waals surface area contributed by atoms with Gasteiger partial charge in [0.2, 0.25) is 5.69 Å². The van der Waals surface area contributed by atoms with Gasteiger partial charge >= 0.3 is 0 Å². The maximum atomic E-state index is 2.55. The van der Waals surface area contributed by atoms with Crippen LogP contribution in [0.4, 0.5) is 0 Å². The summed E-state index contributed by atoms with van der Waals surface area (Å²) in [6.45, 7) is 16.4. The van der Waals surface area contributed by atoms with Crippen molar-refractivity contribution in [2.24, 2.45) is 0 Å². The average molecular weight is 323 g/mol. The van der Waals surface area contributed by atoms with Crippen LogP contribution in [-0.4, -0.2) is 0 Å². The number of rotatable bonds is 2. The van der Waals surface area contributed by atoms with E-state index in [0.717, 1.165) is 12.8 Å². The highest BCUT2D eigenvalue weighted by atomic mass is 15.1. The Labute approximate surface area is 147 Å². The Morgan fingerprint density at radius 2 is 1.62 bits per heavy atom. The molecule has 1 aromatic heterocycles. The number of fused-ring (bicyclic) bond motifs is 3. The lowest BCUT2D eigenvalue weighted by molar-refractivity contribution is -0.765. The zero-order valence-corrected chi connectivity index (χ0v) is 16.4. The van der Waals surface area contributed by atoms with Crippen molar-refractivity contribution >= 4 is 0 Å². The average Bonchev–Trinajstić information content (AvgIpc) is 2.58. The molecule has 0 aliphatic carbocycles. The molecule has 0 bridgehead atoms. The Morgan fingerprint density at radius 3 is 2.21 bits per heavy atom. The van der Waals surface area contributed by atoms with Crippen molar-refractivity contribution in [3.63, 3.8) is 0 Å². The van der Waals surface area contributed by atoms with E-state index in [9.17, 15) is 0 Å². The molecule has 0 N–H and O–H groups in total. The monoisotopic (exact) mass is 322 g/mol. The Morgan fingerprint density at radius 1 is 0.958 bits per heavy atom. The van der Waals surface area contributed by atoms with Gasteiger partial charge in [0, 0.05) is 25.5 Å². The molecule has 128 valence electrons. The summed E-state index contributed by atoms with van der Waals surface area (Å²) < 4.78 is 2.55. The van der Waals surface area contributed by atoms with E-state index in [-0.39, 0.29) is 16.4 Å². The van der Waals surface area contributed by atoms with Crippen molar-refractivity contribution in [3.8, 4) is 11.3 Å². The number of hydrogen-bond donors (Lipinski definition) is 0. The van der Waals surface area contributed by atoms with Crippen LogP contribution < -0.4 is 4.57 Å². The fourth-order valence-corrected chi connectivity index (χ4v) is 4.48. The van der Waals surface area contributed by atoms with Crippen LogP contribution in [-0.2, 0) is 16.4 Å². The molecule has 2 atom stereocenters. The summed E-state index contributed by atoms with van der Waals surface area (Å²) in [5, 5.41) is 0. The third-order valence-corrected chi connectivity index (χ3v) is 6.73. The molecule has 1 heteroatoms. The molecule has 1 aliphatic heterocycles. The van der Waals surface area contributed by atoms with Crippen LogP contribution in [0.15, 0.2) is 42.6 Å². The van der Waals surface area contributed by atoms with Crippen molar-refractivity contribution in [1.29, 1.82) is 0 Å². The normalized spacial score (nSPS) is 26.0. The molecule has 0 saturated heterocycles. The van der Waals surface area contributed by atoms with Crippen LogP contribution in [0.25, 0.3) is 11.3 Å². The highest BCUT2D eigenvalue weighted by Crippen LogP contribution is 2.49. The molecule has 2 heterocycles. The molecular weight excluding hydrogens is 290 g/mol. The second kappa shape index (κ2) is 5.44. The topological polar surface area (TPSA) is 3.88 Å². The van der Waals surface area contributed by atoms with Crippen LogP contribution >= 0.6 is 0 Å². The molecule has 1 aromatic carbocycles. The van der Waals surface area contributed by atoms with Gasteiger partial charge in [0.1, 0.15) is 0 Å². The smallest absolute Gasteiger partial charge is 0.192 e. The number of hydrogen-bond acceptors (Lipinski definition) is 0. The van der Waals surface area contributed by atoms with E-state index in [1.54, 1.807) is 0 Å². The molecule has 0 spiro atoms. The molecule has 24 heavy (non-hydrogen) atoms. The predicted molar refractivity (Wildman–Crippen MR) is 102 cm³/mol. The van der Waals surface area contributed by atoms with Gasteiger partial charge in [-0.1, -0.05) is 52.8 Å². The molecule has 1 nitrogen and oxygen atoms in total. The fourth-order valence-electron chi connectivity index (χ4n) is 4.48. The Kier molecular flexibility index (Phi) is 3.90. The van der Waals surface area contributed by atoms with Crippen LogP contribution in [0, 0.1) is 0 Å². The summed E-state index contributed by atoms with van der Waals surface area (Å²) in [6, 6.07) is 13.8. The molecular formula is C23H32N+. The number of nitrogens with zero attached hydrogens (tertiary/aromatic N) is 1. The summed E-state index contributed by atoms with van der Waals surface area (Å²) >= 11 is 0. The van der Waals surface area contributed by atoms with Crippen molar-refractivity contribution in [3.05, 3.63) is 53.7 Å². The molecule has 3 rings (SSSR count). The van der Waals surface area contributed by atoms with E-state index in [4.69, 9.17) is 0 Å². The van der Waals surface area contributed by atoms with Crippen LogP contribution in [0.1, 0.15) is 72.4 Å². The van der Waals surface area contributed by atoms with E-state index < -0.39 is 0 Å². The number of aromatic nitrogens is 1. The first-order valence-electron chi connectivity index (χ1n) is 9.35. The Balaban J connectivity index is 2.39. The third kappa shape index (κ3) is 2.17. The minimum atomic E-state index is 0.0852. The van der Waals surface area contributed by atoms with Gasteiger partial charge in [-0.05, 0) is 36.0 Å². The molecule has 0 amide bonds. The van der Waals surface area contributed by atoms with Gasteiger partial charge in [-0.25, -0.2) is 0 Å². The molecule has 0 radical (unpaired) electrons. The highest BCUT2D eigenvalue weighted by molar-refractivity contribution is 5.66. The van der Waals surface area contributed by atoms with Crippen molar-refractivity contribution in [1.82, 2.24) is 0 Å². The lowest BCUT2D eigenvalue weighted by Gasteiger charge is -2.46. The van der Waals surface area contributed by atoms with Gasteiger partial charge in [-0.3, -0.25) is 0 Å². The fraction of sp³-hybridized carbons (Fsp3) is 0.522. The Bertz CT molecular complexity index is 768. The first-order valence-corrected chi connectivity index (χ1v) is 9.35. The second-order valence-electron chi connectivity index (χ2n) is 8.78. The second-order valence-corrected chi connectivity index (χ2v) is 8.78. The van der Waals surface area contributed by atoms with Crippen LogP contribution in [0.3, 0.4) is 0 Å². The van der Waals surface area contributed by atoms with Crippen molar-refractivity contribution in [2.45, 2.75) is 77.7 Å². The zero-order chi connectivity index (χ0) is 17.8. The predicted octanol–water partition coefficient (Wildman–Crippen LogP) is 5.75. The molecule has 0 fully saturated rings. The first-order chi connectivity index (χ1) is 11.2. The minimum Gasteiger partial charge on any atom is -0.192 e. The lowest BCUT2D eigenvalue weighted by Crippen LogP contribution is -2.67. The molecule has 0 saturated carbocycles. The quantitative estimate of drug-likeness (QED) is 0.620. The van der Waals surface area contributed by atoms with Gasteiger partial charge in [-0.15, -0.1) is 0 Å². The maximum Gasteiger partial charge on any atom is 0.213 e. The molecule has 1 aliphatic rings. The largest absolute Gasteiger partial charge is 0.213 e. The third-order valence-electron chi connectivity index (χ3n) is 6.73. The first kappa shape index (κ1) is 17.2. The summed E-state index contributed by atoms with van der Waals surface area (Å²) in [5.74, 6) is 0. The van der Waals surface area contributed by atoms with Crippen LogP contribution in [0.5, 0.6) is 0 Å². The van der Waals surface area contributed by atoms with Gasteiger partial charge < -0.3 is 0 Å². The summed E-state index contributed by atoms with van der Waals surface area (Å²) in [7, 11) is 0. The zero-order valence-electron chi connectivity index (χ0n) is 16.4. The highest BCUT2D eigenvalue weighted by Gasteiger charge is 2.56. The van der Waals surface area contributed by atoms with Crippen LogP contribution in [0.2, 0.25) is 0 Å². The van der Waals surface area contributed by atoms with E-state index in [2.05, 4.69) is 95.6 Å². The van der Waals surface area contributed by atoms with Gasteiger partial charge in [0.25, 0.3) is 0 Å². The number of benzene rings is 1. The molecule has 2 unspecified atom stereocenters. The maximum absolute atomic E-state index is 2.55. The molecule has 2 aromatic rings. The summed E-state index contributed by atoms with van der Waals surface area (Å²) in [5.41, 5.74) is 6.07. The van der Waals surface area contributed by atoms with Crippen molar-refractivity contribution < 1.29 is 4.57 Å². The summed E-state index contributed by atoms with van der Waals surface area (Å²) in [4.78, 5) is 0. The van der Waals surface area contributed by atoms with Gasteiger partial charge in [0.05, 0.1) is 11.0 Å². The van der Waals surface area contributed by atoms with Gasteiger partial charge in [-0.2, -0.15) is 4.57 Å². The van der Waals surface area contributed by atoms with E-state index in [1.807, 2.05) is 0 Å².